The maximum Gasteiger partial charge on any atom is 0.318 e. The van der Waals surface area contributed by atoms with Gasteiger partial charge in [0.25, 0.3) is 0 Å². The summed E-state index contributed by atoms with van der Waals surface area (Å²) in [6, 6.07) is 7.12. The standard InChI is InChI=1S/C11H15N3O2/c1-8-3-2-4-9(5-8)6-13-7-10(15)14-11(12)16/h2-5,13H,6-7H2,1H3,(H3,12,14,15,16). The van der Waals surface area contributed by atoms with Crippen LogP contribution in [0.1, 0.15) is 11.1 Å². The van der Waals surface area contributed by atoms with Gasteiger partial charge in [0.2, 0.25) is 5.91 Å². The van der Waals surface area contributed by atoms with E-state index in [1.54, 1.807) is 0 Å². The molecule has 1 aromatic carbocycles. The summed E-state index contributed by atoms with van der Waals surface area (Å²) in [5, 5.41) is 4.89. The smallest absolute Gasteiger partial charge is 0.318 e. The molecule has 0 saturated carbocycles. The second-order valence-corrected chi connectivity index (χ2v) is 3.51. The molecule has 0 spiro atoms. The van der Waals surface area contributed by atoms with E-state index in [1.807, 2.05) is 36.5 Å². The molecule has 1 aromatic rings. The molecule has 0 aliphatic heterocycles. The molecule has 0 aliphatic carbocycles. The van der Waals surface area contributed by atoms with E-state index in [4.69, 9.17) is 5.73 Å². The van der Waals surface area contributed by atoms with Crippen LogP contribution in [-0.4, -0.2) is 18.5 Å². The van der Waals surface area contributed by atoms with Crippen LogP contribution >= 0.6 is 0 Å². The predicted molar refractivity (Wildman–Crippen MR) is 60.6 cm³/mol. The molecule has 0 aromatic heterocycles. The number of imide groups is 1. The molecule has 0 atom stereocenters. The van der Waals surface area contributed by atoms with Crippen LogP contribution in [0, 0.1) is 6.92 Å². The quantitative estimate of drug-likeness (QED) is 0.682. The number of carbonyl (C=O) groups excluding carboxylic acids is 2. The Morgan fingerprint density at radius 1 is 1.38 bits per heavy atom. The van der Waals surface area contributed by atoms with Crippen LogP contribution in [0.25, 0.3) is 0 Å². The van der Waals surface area contributed by atoms with Gasteiger partial charge in [-0.25, -0.2) is 4.79 Å². The average Bonchev–Trinajstić information content (AvgIpc) is 2.16. The number of carbonyl (C=O) groups is 2. The van der Waals surface area contributed by atoms with E-state index >= 15 is 0 Å². The van der Waals surface area contributed by atoms with Crippen LogP contribution < -0.4 is 16.4 Å². The Hall–Kier alpha value is -1.88. The van der Waals surface area contributed by atoms with Crippen LogP contribution in [0.15, 0.2) is 24.3 Å². The normalized spacial score (nSPS) is 9.81. The van der Waals surface area contributed by atoms with Gasteiger partial charge in [-0.15, -0.1) is 0 Å². The Morgan fingerprint density at radius 3 is 2.75 bits per heavy atom. The molecular formula is C11H15N3O2. The fraction of sp³-hybridized carbons (Fsp3) is 0.273. The van der Waals surface area contributed by atoms with Crippen molar-refractivity contribution in [3.05, 3.63) is 35.4 Å². The summed E-state index contributed by atoms with van der Waals surface area (Å²) in [5.74, 6) is -0.430. The molecule has 86 valence electrons. The van der Waals surface area contributed by atoms with Gasteiger partial charge >= 0.3 is 6.03 Å². The first-order valence-corrected chi connectivity index (χ1v) is 4.93. The largest absolute Gasteiger partial charge is 0.351 e. The maximum atomic E-state index is 11.0. The van der Waals surface area contributed by atoms with Crippen LogP contribution in [0.5, 0.6) is 0 Å². The lowest BCUT2D eigenvalue weighted by Gasteiger charge is -2.05. The van der Waals surface area contributed by atoms with E-state index in [9.17, 15) is 9.59 Å². The average molecular weight is 221 g/mol. The van der Waals surface area contributed by atoms with Crippen LogP contribution in [-0.2, 0) is 11.3 Å². The minimum atomic E-state index is -0.831. The number of rotatable bonds is 4. The highest BCUT2D eigenvalue weighted by atomic mass is 16.2. The van der Waals surface area contributed by atoms with E-state index in [-0.39, 0.29) is 6.54 Å². The highest BCUT2D eigenvalue weighted by Crippen LogP contribution is 2.02. The predicted octanol–water partition coefficient (Wildman–Crippen LogP) is 0.280. The molecule has 16 heavy (non-hydrogen) atoms. The van der Waals surface area contributed by atoms with Gasteiger partial charge in [0.1, 0.15) is 0 Å². The van der Waals surface area contributed by atoms with Gasteiger partial charge in [-0.2, -0.15) is 0 Å². The first-order valence-electron chi connectivity index (χ1n) is 4.93. The van der Waals surface area contributed by atoms with Gasteiger partial charge in [-0.3, -0.25) is 10.1 Å². The van der Waals surface area contributed by atoms with Crippen molar-refractivity contribution < 1.29 is 9.59 Å². The van der Waals surface area contributed by atoms with Crippen molar-refractivity contribution in [2.75, 3.05) is 6.54 Å². The lowest BCUT2D eigenvalue weighted by atomic mass is 10.1. The van der Waals surface area contributed by atoms with Gasteiger partial charge in [0, 0.05) is 6.54 Å². The van der Waals surface area contributed by atoms with Gasteiger partial charge in [0.05, 0.1) is 6.54 Å². The molecule has 0 fully saturated rings. The molecular weight excluding hydrogens is 206 g/mol. The molecule has 0 bridgehead atoms. The fourth-order valence-corrected chi connectivity index (χ4v) is 1.32. The van der Waals surface area contributed by atoms with Crippen molar-refractivity contribution in [1.82, 2.24) is 10.6 Å². The third-order valence-corrected chi connectivity index (χ3v) is 1.96. The SMILES string of the molecule is Cc1cccc(CNCC(=O)NC(N)=O)c1. The molecule has 0 heterocycles. The van der Waals surface area contributed by atoms with E-state index in [2.05, 4.69) is 5.32 Å². The number of primary amides is 1. The zero-order valence-corrected chi connectivity index (χ0v) is 9.12. The zero-order valence-electron chi connectivity index (χ0n) is 9.12. The highest BCUT2D eigenvalue weighted by Gasteiger charge is 2.02. The summed E-state index contributed by atoms with van der Waals surface area (Å²) >= 11 is 0. The summed E-state index contributed by atoms with van der Waals surface area (Å²) in [6.45, 7) is 2.65. The van der Waals surface area contributed by atoms with E-state index in [0.717, 1.165) is 5.56 Å². The zero-order chi connectivity index (χ0) is 12.0. The molecule has 0 saturated heterocycles. The molecule has 5 heteroatoms. The van der Waals surface area contributed by atoms with Gasteiger partial charge in [-0.05, 0) is 12.5 Å². The molecule has 0 aliphatic rings. The summed E-state index contributed by atoms with van der Waals surface area (Å²) in [7, 11) is 0. The van der Waals surface area contributed by atoms with Gasteiger partial charge in [0.15, 0.2) is 0 Å². The van der Waals surface area contributed by atoms with Crippen molar-refractivity contribution in [2.45, 2.75) is 13.5 Å². The number of nitrogens with two attached hydrogens (primary N) is 1. The summed E-state index contributed by atoms with van der Waals surface area (Å²) in [5.41, 5.74) is 7.05. The van der Waals surface area contributed by atoms with Crippen molar-refractivity contribution in [2.24, 2.45) is 5.73 Å². The second-order valence-electron chi connectivity index (χ2n) is 3.51. The Balaban J connectivity index is 2.30. The first kappa shape index (κ1) is 12.2. The number of nitrogens with one attached hydrogen (secondary N) is 2. The number of aryl methyl sites for hydroxylation is 1. The first-order chi connectivity index (χ1) is 7.58. The molecule has 0 unspecified atom stereocenters. The maximum absolute atomic E-state index is 11.0. The van der Waals surface area contributed by atoms with Crippen molar-refractivity contribution >= 4 is 11.9 Å². The molecule has 0 radical (unpaired) electrons. The topological polar surface area (TPSA) is 84.2 Å². The number of hydrogen-bond acceptors (Lipinski definition) is 3. The molecule has 4 N–H and O–H groups in total. The molecule has 1 rings (SSSR count). The van der Waals surface area contributed by atoms with Gasteiger partial charge in [-0.1, -0.05) is 29.8 Å². The monoisotopic (exact) mass is 221 g/mol. The minimum absolute atomic E-state index is 0.0664. The Kier molecular flexibility index (Phi) is 4.47. The summed E-state index contributed by atoms with van der Waals surface area (Å²) < 4.78 is 0. The lowest BCUT2D eigenvalue weighted by molar-refractivity contribution is -0.119. The van der Waals surface area contributed by atoms with E-state index in [1.165, 1.54) is 5.56 Å². The molecule has 5 nitrogen and oxygen atoms in total. The van der Waals surface area contributed by atoms with Crippen LogP contribution in [0.3, 0.4) is 0 Å². The summed E-state index contributed by atoms with van der Waals surface area (Å²) in [4.78, 5) is 21.4. The van der Waals surface area contributed by atoms with Crippen molar-refractivity contribution in [3.8, 4) is 0 Å². The highest BCUT2D eigenvalue weighted by molar-refractivity contribution is 5.94. The number of hydrogen-bond donors (Lipinski definition) is 3. The van der Waals surface area contributed by atoms with Crippen molar-refractivity contribution in [1.29, 1.82) is 0 Å². The third-order valence-electron chi connectivity index (χ3n) is 1.96. The summed E-state index contributed by atoms with van der Waals surface area (Å²) in [6.07, 6.45) is 0. The second kappa shape index (κ2) is 5.87. The Labute approximate surface area is 94.0 Å². The van der Waals surface area contributed by atoms with E-state index < -0.39 is 11.9 Å². The minimum Gasteiger partial charge on any atom is -0.351 e. The van der Waals surface area contributed by atoms with Crippen LogP contribution in [0.4, 0.5) is 4.79 Å². The lowest BCUT2D eigenvalue weighted by Crippen LogP contribution is -2.40. The number of benzene rings is 1. The van der Waals surface area contributed by atoms with E-state index in [0.29, 0.717) is 6.54 Å². The Bertz CT molecular complexity index is 391. The number of amides is 3. The van der Waals surface area contributed by atoms with Crippen LogP contribution in [0.2, 0.25) is 0 Å². The van der Waals surface area contributed by atoms with Crippen molar-refractivity contribution in [3.63, 3.8) is 0 Å². The Morgan fingerprint density at radius 2 is 2.12 bits per heavy atom. The number of urea groups is 1. The molecule has 3 amide bonds. The fourth-order valence-electron chi connectivity index (χ4n) is 1.32. The third kappa shape index (κ3) is 4.56. The van der Waals surface area contributed by atoms with Gasteiger partial charge < -0.3 is 11.1 Å².